The number of esters is 1. The number of nitrogens with zero attached hydrogens (tertiary/aromatic N) is 1. The van der Waals surface area contributed by atoms with E-state index in [-0.39, 0.29) is 19.3 Å². The molecule has 0 aliphatic rings. The summed E-state index contributed by atoms with van der Waals surface area (Å²) in [7, 11) is -3.94. The van der Waals surface area contributed by atoms with Crippen molar-refractivity contribution in [1.82, 2.24) is 4.98 Å². The van der Waals surface area contributed by atoms with Gasteiger partial charge in [0.25, 0.3) is 0 Å². The number of alkyl halides is 6. The molecule has 0 fully saturated rings. The predicted molar refractivity (Wildman–Crippen MR) is 77.1 cm³/mol. The fraction of sp³-hybridized carbons (Fsp3) is 0.538. The van der Waals surface area contributed by atoms with E-state index in [2.05, 4.69) is 23.3 Å². The number of pyridine rings is 1. The van der Waals surface area contributed by atoms with Gasteiger partial charge >= 0.3 is 26.1 Å². The lowest BCUT2D eigenvalue weighted by molar-refractivity contribution is -0.150. The molecule has 27 heavy (non-hydrogen) atoms. The van der Waals surface area contributed by atoms with E-state index in [4.69, 9.17) is 0 Å². The second-order valence-electron chi connectivity index (χ2n) is 4.59. The van der Waals surface area contributed by atoms with E-state index in [1.54, 1.807) is 0 Å². The minimum atomic E-state index is -5.48. The van der Waals surface area contributed by atoms with Gasteiger partial charge in [-0.15, -0.1) is 0 Å². The molecule has 0 N–H and O–H groups in total. The van der Waals surface area contributed by atoms with Crippen LogP contribution in [0.4, 0.5) is 26.3 Å². The maximum Gasteiger partial charge on any atom is 0.530 e. The monoisotopic (exact) mass is 425 g/mol. The molecule has 0 bridgehead atoms. The van der Waals surface area contributed by atoms with Crippen LogP contribution in [0, 0.1) is 0 Å². The summed E-state index contributed by atoms with van der Waals surface area (Å²) in [5, 5.41) is 0. The van der Waals surface area contributed by atoms with Crippen molar-refractivity contribution in [2.75, 3.05) is 20.3 Å². The number of phosphoric acid groups is 1. The lowest BCUT2D eigenvalue weighted by atomic mass is 10.1. The maximum atomic E-state index is 13.2. The zero-order chi connectivity index (χ0) is 21.0. The highest BCUT2D eigenvalue weighted by atomic mass is 31.2. The minimum absolute atomic E-state index is 0.0216. The molecule has 0 aliphatic heterocycles. The molecule has 1 heterocycles. The van der Waals surface area contributed by atoms with E-state index in [9.17, 15) is 35.7 Å². The predicted octanol–water partition coefficient (Wildman–Crippen LogP) is 4.47. The molecule has 0 amide bonds. The number of phosphoric ester groups is 1. The van der Waals surface area contributed by atoms with Crippen LogP contribution in [0.1, 0.15) is 35.6 Å². The average Bonchev–Trinajstić information content (AvgIpc) is 2.52. The quantitative estimate of drug-likeness (QED) is 0.362. The number of ether oxygens (including phenoxy) is 1. The Morgan fingerprint density at radius 1 is 1.07 bits per heavy atom. The number of aromatic nitrogens is 1. The van der Waals surface area contributed by atoms with Crippen LogP contribution in [0.25, 0.3) is 0 Å². The Morgan fingerprint density at radius 3 is 1.96 bits per heavy atom. The van der Waals surface area contributed by atoms with Crippen molar-refractivity contribution in [3.8, 4) is 5.75 Å². The van der Waals surface area contributed by atoms with E-state index in [1.807, 2.05) is 0 Å². The van der Waals surface area contributed by atoms with Crippen molar-refractivity contribution in [3.63, 3.8) is 0 Å². The number of carbonyl (C=O) groups is 1. The first-order valence-electron chi connectivity index (χ1n) is 7.15. The molecule has 0 atom stereocenters. The van der Waals surface area contributed by atoms with Crippen LogP contribution >= 0.6 is 7.82 Å². The molecule has 0 aliphatic carbocycles. The van der Waals surface area contributed by atoms with Crippen LogP contribution in [0.15, 0.2) is 6.07 Å². The lowest BCUT2D eigenvalue weighted by Gasteiger charge is -2.21. The Hall–Kier alpha value is -1.85. The van der Waals surface area contributed by atoms with Gasteiger partial charge in [-0.1, -0.05) is 0 Å². The van der Waals surface area contributed by atoms with Crippen molar-refractivity contribution in [2.24, 2.45) is 0 Å². The van der Waals surface area contributed by atoms with Gasteiger partial charge in [-0.25, -0.2) is 14.3 Å². The van der Waals surface area contributed by atoms with Crippen LogP contribution < -0.4 is 4.52 Å². The largest absolute Gasteiger partial charge is 0.530 e. The Kier molecular flexibility index (Phi) is 7.25. The smallest absolute Gasteiger partial charge is 0.465 e. The van der Waals surface area contributed by atoms with Gasteiger partial charge in [-0.2, -0.15) is 26.3 Å². The highest BCUT2D eigenvalue weighted by Crippen LogP contribution is 2.51. The van der Waals surface area contributed by atoms with Gasteiger partial charge in [0.1, 0.15) is 17.0 Å². The maximum absolute atomic E-state index is 13.2. The number of hydrogen-bond donors (Lipinski definition) is 0. The Bertz CT molecular complexity index is 725. The molecule has 14 heteroatoms. The molecular weight excluding hydrogens is 411 g/mol. The Balaban J connectivity index is 3.77. The molecule has 0 saturated heterocycles. The summed E-state index contributed by atoms with van der Waals surface area (Å²) in [6, 6.07) is -0.0216. The molecule has 1 aromatic heterocycles. The van der Waals surface area contributed by atoms with E-state index in [1.165, 1.54) is 13.8 Å². The van der Waals surface area contributed by atoms with Crippen molar-refractivity contribution >= 4 is 13.8 Å². The van der Waals surface area contributed by atoms with Crippen LogP contribution in [0.2, 0.25) is 0 Å². The number of carbonyl (C=O) groups excluding carboxylic acids is 1. The third-order valence-corrected chi connectivity index (χ3v) is 4.29. The van der Waals surface area contributed by atoms with Crippen LogP contribution in [-0.2, 0) is 30.7 Å². The normalized spacial score (nSPS) is 12.8. The van der Waals surface area contributed by atoms with Crippen molar-refractivity contribution in [3.05, 3.63) is 23.0 Å². The highest BCUT2D eigenvalue weighted by Gasteiger charge is 2.45. The molecule has 154 valence electrons. The third-order valence-electron chi connectivity index (χ3n) is 2.72. The molecule has 1 rings (SSSR count). The summed E-state index contributed by atoms with van der Waals surface area (Å²) in [5.74, 6) is -3.07. The third kappa shape index (κ3) is 5.81. The van der Waals surface area contributed by atoms with Gasteiger partial charge in [0.2, 0.25) is 0 Å². The minimum Gasteiger partial charge on any atom is -0.465 e. The number of halogens is 6. The standard InChI is InChI=1S/C13H14F6NO6P/c1-4-24-27(22,25-5-2)26-7-6-8(12(14,15)16)20-10(13(17,18)19)9(7)11(21)23-3/h6H,4-5H2,1-3H3. The molecule has 0 saturated carbocycles. The van der Waals surface area contributed by atoms with Gasteiger partial charge in [-0.3, -0.25) is 9.05 Å². The molecule has 0 radical (unpaired) electrons. The summed E-state index contributed by atoms with van der Waals surface area (Å²) in [6.45, 7) is 2.03. The van der Waals surface area contributed by atoms with Crippen LogP contribution in [-0.4, -0.2) is 31.3 Å². The number of rotatable bonds is 7. The number of methoxy groups -OCH3 is 1. The highest BCUT2D eigenvalue weighted by molar-refractivity contribution is 7.48. The lowest BCUT2D eigenvalue weighted by Crippen LogP contribution is -2.21. The fourth-order valence-electron chi connectivity index (χ4n) is 1.77. The summed E-state index contributed by atoms with van der Waals surface area (Å²) in [4.78, 5) is 14.2. The molecular formula is C13H14F6NO6P. The zero-order valence-electron chi connectivity index (χ0n) is 14.1. The zero-order valence-corrected chi connectivity index (χ0v) is 15.0. The molecule has 0 unspecified atom stereocenters. The van der Waals surface area contributed by atoms with Gasteiger partial charge in [0.15, 0.2) is 5.69 Å². The summed E-state index contributed by atoms with van der Waals surface area (Å²) in [5.41, 5.74) is -5.76. The molecule has 7 nitrogen and oxygen atoms in total. The first-order valence-corrected chi connectivity index (χ1v) is 8.61. The molecule has 0 aromatic carbocycles. The first-order chi connectivity index (χ1) is 12.3. The van der Waals surface area contributed by atoms with Gasteiger partial charge in [0, 0.05) is 6.07 Å². The Morgan fingerprint density at radius 2 is 1.59 bits per heavy atom. The van der Waals surface area contributed by atoms with Gasteiger partial charge in [0.05, 0.1) is 20.3 Å². The Labute approximate surface area is 149 Å². The summed E-state index contributed by atoms with van der Waals surface area (Å²) >= 11 is 0. The van der Waals surface area contributed by atoms with Gasteiger partial charge in [-0.05, 0) is 13.8 Å². The molecule has 0 spiro atoms. The second-order valence-corrected chi connectivity index (χ2v) is 6.18. The summed E-state index contributed by atoms with van der Waals surface area (Å²) in [6.07, 6.45) is -10.8. The van der Waals surface area contributed by atoms with E-state index in [0.717, 1.165) is 0 Å². The number of hydrogen-bond acceptors (Lipinski definition) is 7. The van der Waals surface area contributed by atoms with Crippen LogP contribution in [0.5, 0.6) is 5.75 Å². The van der Waals surface area contributed by atoms with E-state index >= 15 is 0 Å². The second kappa shape index (κ2) is 8.44. The molecule has 1 aromatic rings. The van der Waals surface area contributed by atoms with Crippen LogP contribution in [0.3, 0.4) is 0 Å². The fourth-order valence-corrected chi connectivity index (χ4v) is 2.97. The summed E-state index contributed by atoms with van der Waals surface area (Å²) < 4.78 is 109. The van der Waals surface area contributed by atoms with Crippen molar-refractivity contribution in [2.45, 2.75) is 26.2 Å². The van der Waals surface area contributed by atoms with E-state index < -0.39 is 48.8 Å². The van der Waals surface area contributed by atoms with E-state index in [0.29, 0.717) is 7.11 Å². The first kappa shape index (κ1) is 23.2. The van der Waals surface area contributed by atoms with Crippen molar-refractivity contribution < 1.29 is 54.0 Å². The van der Waals surface area contributed by atoms with Crippen molar-refractivity contribution in [1.29, 1.82) is 0 Å². The van der Waals surface area contributed by atoms with Gasteiger partial charge < -0.3 is 9.26 Å². The SMILES string of the molecule is CCOP(=O)(OCC)Oc1cc(C(F)(F)F)nc(C(F)(F)F)c1C(=O)OC. The topological polar surface area (TPSA) is 84.0 Å². The average molecular weight is 425 g/mol.